The molecule has 0 spiro atoms. The fraction of sp³-hybridized carbons (Fsp3) is 0.773. The first-order chi connectivity index (χ1) is 35.5. The van der Waals surface area contributed by atoms with Crippen molar-refractivity contribution in [2.45, 2.75) is 316 Å². The molecule has 6 nitrogen and oxygen atoms in total. The molecule has 0 aromatic heterocycles. The molecule has 0 radical (unpaired) electrons. The lowest BCUT2D eigenvalue weighted by molar-refractivity contribution is -0.167. The van der Waals surface area contributed by atoms with Crippen molar-refractivity contribution in [1.29, 1.82) is 0 Å². The molecule has 416 valence electrons. The SMILES string of the molecule is CC/C=C\C/C=C\C/C=C\C/C=C\C/C=C\CCCCCCCCCC(=O)OCC(COC(=O)CCCCCCC/C=C\CCCCC)OC(=O)CCCCCCCCCCCCCCCCCCCCC. The Morgan fingerprint density at radius 3 is 0.889 bits per heavy atom. The van der Waals surface area contributed by atoms with Crippen LogP contribution in [0.1, 0.15) is 310 Å². The number of carbonyl (C=O) groups excluding carboxylic acids is 3. The smallest absolute Gasteiger partial charge is 0.306 e. The van der Waals surface area contributed by atoms with Gasteiger partial charge < -0.3 is 14.2 Å². The summed E-state index contributed by atoms with van der Waals surface area (Å²) in [7, 11) is 0. The van der Waals surface area contributed by atoms with Gasteiger partial charge >= 0.3 is 17.9 Å². The highest BCUT2D eigenvalue weighted by molar-refractivity contribution is 5.71. The van der Waals surface area contributed by atoms with Crippen molar-refractivity contribution in [1.82, 2.24) is 0 Å². The van der Waals surface area contributed by atoms with Crippen LogP contribution in [-0.4, -0.2) is 37.2 Å². The summed E-state index contributed by atoms with van der Waals surface area (Å²) in [5.74, 6) is -0.886. The zero-order chi connectivity index (χ0) is 52.2. The molecular weight excluding hydrogens is 889 g/mol. The lowest BCUT2D eigenvalue weighted by Gasteiger charge is -2.18. The molecule has 0 heterocycles. The lowest BCUT2D eigenvalue weighted by Crippen LogP contribution is -2.30. The van der Waals surface area contributed by atoms with E-state index in [1.807, 2.05) is 0 Å². The van der Waals surface area contributed by atoms with Gasteiger partial charge in [-0.2, -0.15) is 0 Å². The van der Waals surface area contributed by atoms with Gasteiger partial charge in [0.25, 0.3) is 0 Å². The summed E-state index contributed by atoms with van der Waals surface area (Å²) in [5, 5.41) is 0. The maximum atomic E-state index is 12.9. The fourth-order valence-electron chi connectivity index (χ4n) is 8.82. The molecule has 1 atom stereocenters. The van der Waals surface area contributed by atoms with Gasteiger partial charge in [0, 0.05) is 19.3 Å². The van der Waals surface area contributed by atoms with E-state index in [1.54, 1.807) is 0 Å². The Balaban J connectivity index is 4.33. The maximum absolute atomic E-state index is 12.9. The molecule has 0 aliphatic rings. The third-order valence-corrected chi connectivity index (χ3v) is 13.4. The molecule has 0 saturated carbocycles. The molecule has 1 unspecified atom stereocenters. The number of hydrogen-bond donors (Lipinski definition) is 0. The number of esters is 3. The highest BCUT2D eigenvalue weighted by Crippen LogP contribution is 2.17. The fourth-order valence-corrected chi connectivity index (χ4v) is 8.82. The minimum atomic E-state index is -0.782. The van der Waals surface area contributed by atoms with E-state index in [2.05, 4.69) is 93.7 Å². The first kappa shape index (κ1) is 68.8. The average molecular weight is 1010 g/mol. The largest absolute Gasteiger partial charge is 0.462 e. The molecule has 6 heteroatoms. The second-order valence-corrected chi connectivity index (χ2v) is 20.6. The Labute approximate surface area is 446 Å². The Morgan fingerprint density at radius 2 is 0.542 bits per heavy atom. The first-order valence-electron chi connectivity index (χ1n) is 30.9. The summed E-state index contributed by atoms with van der Waals surface area (Å²) in [5.41, 5.74) is 0. The van der Waals surface area contributed by atoms with E-state index in [1.165, 1.54) is 167 Å². The van der Waals surface area contributed by atoms with Crippen molar-refractivity contribution in [2.75, 3.05) is 13.2 Å². The molecular formula is C66H116O6. The van der Waals surface area contributed by atoms with E-state index in [0.29, 0.717) is 19.3 Å². The number of allylic oxidation sites excluding steroid dienone is 12. The monoisotopic (exact) mass is 1000 g/mol. The molecule has 72 heavy (non-hydrogen) atoms. The molecule has 0 rings (SSSR count). The zero-order valence-electron chi connectivity index (χ0n) is 47.7. The van der Waals surface area contributed by atoms with Crippen LogP contribution in [0.15, 0.2) is 72.9 Å². The van der Waals surface area contributed by atoms with E-state index in [4.69, 9.17) is 14.2 Å². The second kappa shape index (κ2) is 60.4. The third kappa shape index (κ3) is 57.7. The van der Waals surface area contributed by atoms with Crippen molar-refractivity contribution in [3.05, 3.63) is 72.9 Å². The Kier molecular flexibility index (Phi) is 57.8. The van der Waals surface area contributed by atoms with Crippen LogP contribution in [0.3, 0.4) is 0 Å². The zero-order valence-corrected chi connectivity index (χ0v) is 47.7. The third-order valence-electron chi connectivity index (χ3n) is 13.4. The minimum Gasteiger partial charge on any atom is -0.462 e. The van der Waals surface area contributed by atoms with Crippen LogP contribution < -0.4 is 0 Å². The predicted octanol–water partition coefficient (Wildman–Crippen LogP) is 20.9. The van der Waals surface area contributed by atoms with Crippen LogP contribution in [0, 0.1) is 0 Å². The van der Waals surface area contributed by atoms with Gasteiger partial charge in [0.2, 0.25) is 0 Å². The van der Waals surface area contributed by atoms with Crippen molar-refractivity contribution >= 4 is 17.9 Å². The number of hydrogen-bond acceptors (Lipinski definition) is 6. The van der Waals surface area contributed by atoms with Crippen LogP contribution in [0.4, 0.5) is 0 Å². The first-order valence-corrected chi connectivity index (χ1v) is 30.9. The van der Waals surface area contributed by atoms with Gasteiger partial charge in [0.05, 0.1) is 0 Å². The van der Waals surface area contributed by atoms with Gasteiger partial charge in [0.1, 0.15) is 13.2 Å². The molecule has 0 amide bonds. The maximum Gasteiger partial charge on any atom is 0.306 e. The predicted molar refractivity (Wildman–Crippen MR) is 311 cm³/mol. The molecule has 0 saturated heterocycles. The number of ether oxygens (including phenoxy) is 3. The van der Waals surface area contributed by atoms with Crippen molar-refractivity contribution in [2.24, 2.45) is 0 Å². The summed E-state index contributed by atoms with van der Waals surface area (Å²) in [4.78, 5) is 38.2. The summed E-state index contributed by atoms with van der Waals surface area (Å²) < 4.78 is 16.9. The van der Waals surface area contributed by atoms with Gasteiger partial charge in [-0.1, -0.05) is 273 Å². The van der Waals surface area contributed by atoms with E-state index in [9.17, 15) is 14.4 Å². The number of carbonyl (C=O) groups is 3. The van der Waals surface area contributed by atoms with Crippen molar-refractivity contribution in [3.8, 4) is 0 Å². The van der Waals surface area contributed by atoms with Crippen molar-refractivity contribution in [3.63, 3.8) is 0 Å². The van der Waals surface area contributed by atoms with Crippen LogP contribution in [0.2, 0.25) is 0 Å². The van der Waals surface area contributed by atoms with Gasteiger partial charge in [0.15, 0.2) is 6.10 Å². The van der Waals surface area contributed by atoms with Gasteiger partial charge in [-0.15, -0.1) is 0 Å². The van der Waals surface area contributed by atoms with Crippen LogP contribution in [0.5, 0.6) is 0 Å². The topological polar surface area (TPSA) is 78.9 Å². The Morgan fingerprint density at radius 1 is 0.292 bits per heavy atom. The van der Waals surface area contributed by atoms with Crippen LogP contribution in [0.25, 0.3) is 0 Å². The highest BCUT2D eigenvalue weighted by Gasteiger charge is 2.19. The van der Waals surface area contributed by atoms with Crippen LogP contribution in [-0.2, 0) is 28.6 Å². The molecule has 0 aliphatic carbocycles. The van der Waals surface area contributed by atoms with Gasteiger partial charge in [-0.25, -0.2) is 0 Å². The van der Waals surface area contributed by atoms with Crippen molar-refractivity contribution < 1.29 is 28.6 Å². The molecule has 0 bridgehead atoms. The van der Waals surface area contributed by atoms with Gasteiger partial charge in [-0.3, -0.25) is 14.4 Å². The minimum absolute atomic E-state index is 0.0806. The normalized spacial score (nSPS) is 12.5. The van der Waals surface area contributed by atoms with Gasteiger partial charge in [-0.05, 0) is 89.9 Å². The standard InChI is InChI=1S/C66H116O6/c1-4-7-10-13-16-19-22-25-27-29-31-32-33-34-36-37-39-41-44-47-50-53-56-59-65(68)71-62-63(61-70-64(67)58-55-52-49-46-43-24-21-18-15-12-9-6-3)72-66(69)60-57-54-51-48-45-42-40-38-35-30-28-26-23-20-17-14-11-8-5-2/h7,10,16,18-19,21,25,27,31-32,34,36,63H,4-6,8-9,11-15,17,20,22-24,26,28-30,33,35,37-62H2,1-3H3/b10-7-,19-16-,21-18-,27-25-,32-31-,36-34-. The molecule has 0 aromatic rings. The number of unbranched alkanes of at least 4 members (excludes halogenated alkanes) is 33. The summed E-state index contributed by atoms with van der Waals surface area (Å²) >= 11 is 0. The summed E-state index contributed by atoms with van der Waals surface area (Å²) in [6, 6.07) is 0. The molecule has 0 N–H and O–H groups in total. The quantitative estimate of drug-likeness (QED) is 0.0261. The summed E-state index contributed by atoms with van der Waals surface area (Å²) in [6.45, 7) is 6.52. The average Bonchev–Trinajstić information content (AvgIpc) is 3.38. The van der Waals surface area contributed by atoms with Crippen LogP contribution >= 0.6 is 0 Å². The highest BCUT2D eigenvalue weighted by atomic mass is 16.6. The second-order valence-electron chi connectivity index (χ2n) is 20.6. The molecule has 0 aliphatic heterocycles. The number of rotatable bonds is 56. The van der Waals surface area contributed by atoms with E-state index in [0.717, 1.165) is 103 Å². The molecule has 0 fully saturated rings. The summed E-state index contributed by atoms with van der Waals surface area (Å²) in [6.07, 6.45) is 77.6. The Hall–Kier alpha value is -3.15. The molecule has 0 aromatic carbocycles. The van der Waals surface area contributed by atoms with E-state index in [-0.39, 0.29) is 31.1 Å². The lowest BCUT2D eigenvalue weighted by atomic mass is 10.0. The Bertz CT molecular complexity index is 1340. The van der Waals surface area contributed by atoms with E-state index >= 15 is 0 Å². The van der Waals surface area contributed by atoms with E-state index < -0.39 is 6.10 Å².